The van der Waals surface area contributed by atoms with Gasteiger partial charge in [-0.05, 0) is 48.2 Å². The maximum Gasteiger partial charge on any atom is 0.272 e. The van der Waals surface area contributed by atoms with E-state index in [0.717, 1.165) is 10.6 Å². The molecule has 136 valence electrons. The van der Waals surface area contributed by atoms with Crippen LogP contribution in [-0.4, -0.2) is 11.8 Å². The van der Waals surface area contributed by atoms with Crippen LogP contribution in [0.25, 0.3) is 5.57 Å². The van der Waals surface area contributed by atoms with E-state index in [1.165, 1.54) is 28.0 Å². The highest BCUT2D eigenvalue weighted by atomic mass is 35.5. The molecule has 4 nitrogen and oxygen atoms in total. The van der Waals surface area contributed by atoms with Crippen LogP contribution in [0.15, 0.2) is 63.4 Å². The van der Waals surface area contributed by atoms with Gasteiger partial charge in [-0.15, -0.1) is 23.1 Å². The van der Waals surface area contributed by atoms with Crippen molar-refractivity contribution in [3.05, 3.63) is 80.2 Å². The number of amides is 2. The summed E-state index contributed by atoms with van der Waals surface area (Å²) in [7, 11) is 0. The average Bonchev–Trinajstić information content (AvgIpc) is 3.38. The summed E-state index contributed by atoms with van der Waals surface area (Å²) in [6.45, 7) is 1.80. The van der Waals surface area contributed by atoms with Gasteiger partial charge in [-0.3, -0.25) is 9.59 Å². The Kier molecular flexibility index (Phi) is 4.95. The van der Waals surface area contributed by atoms with Crippen LogP contribution in [0.1, 0.15) is 16.2 Å². The van der Waals surface area contributed by atoms with Gasteiger partial charge in [0.2, 0.25) is 0 Å². The van der Waals surface area contributed by atoms with Crippen molar-refractivity contribution < 1.29 is 14.0 Å². The molecule has 0 spiro atoms. The lowest BCUT2D eigenvalue weighted by Gasteiger charge is -2.18. The number of halogens is 1. The Morgan fingerprint density at radius 2 is 1.96 bits per heavy atom. The van der Waals surface area contributed by atoms with Crippen LogP contribution in [0.3, 0.4) is 0 Å². The van der Waals surface area contributed by atoms with Crippen LogP contribution >= 0.6 is 34.7 Å². The Bertz CT molecular complexity index is 1040. The molecule has 0 fully saturated rings. The third kappa shape index (κ3) is 3.25. The summed E-state index contributed by atoms with van der Waals surface area (Å²) in [5.74, 6) is 0.564. The molecule has 2 amide bonds. The maximum absolute atomic E-state index is 13.2. The molecule has 4 rings (SSSR count). The van der Waals surface area contributed by atoms with Crippen LogP contribution in [0, 0.1) is 6.92 Å². The molecule has 0 saturated carbocycles. The van der Waals surface area contributed by atoms with E-state index < -0.39 is 0 Å². The van der Waals surface area contributed by atoms with Crippen LogP contribution in [0.5, 0.6) is 0 Å². The van der Waals surface area contributed by atoms with Crippen molar-refractivity contribution in [2.45, 2.75) is 12.7 Å². The summed E-state index contributed by atoms with van der Waals surface area (Å²) in [6.07, 6.45) is 1.59. The normalized spacial score (nSPS) is 14.5. The number of carbonyl (C=O) groups excluding carboxylic acids is 2. The number of benzene rings is 1. The Morgan fingerprint density at radius 1 is 1.11 bits per heavy atom. The highest BCUT2D eigenvalue weighted by Gasteiger charge is 2.41. The van der Waals surface area contributed by atoms with Gasteiger partial charge in [0.1, 0.15) is 5.76 Å². The number of rotatable bonds is 5. The number of thioether (sulfide) groups is 1. The van der Waals surface area contributed by atoms with Gasteiger partial charge >= 0.3 is 0 Å². The number of hydrogen-bond acceptors (Lipinski definition) is 5. The largest absolute Gasteiger partial charge is 0.468 e. The fraction of sp³-hybridized carbons (Fsp3) is 0.100. The number of carbonyl (C=O) groups is 2. The smallest absolute Gasteiger partial charge is 0.272 e. The van der Waals surface area contributed by atoms with Gasteiger partial charge in [-0.25, -0.2) is 4.90 Å². The van der Waals surface area contributed by atoms with Crippen molar-refractivity contribution in [1.29, 1.82) is 0 Å². The van der Waals surface area contributed by atoms with Crippen LogP contribution in [0.2, 0.25) is 5.02 Å². The maximum atomic E-state index is 13.2. The lowest BCUT2D eigenvalue weighted by Crippen LogP contribution is -2.31. The minimum absolute atomic E-state index is 0.324. The monoisotopic (exact) mass is 415 g/mol. The van der Waals surface area contributed by atoms with Crippen LogP contribution in [0.4, 0.5) is 5.69 Å². The van der Waals surface area contributed by atoms with Gasteiger partial charge in [0.15, 0.2) is 0 Å². The first-order valence-electron chi connectivity index (χ1n) is 8.15. The molecule has 1 aliphatic rings. The first kappa shape index (κ1) is 18.1. The Hall–Kier alpha value is -2.28. The van der Waals surface area contributed by atoms with E-state index >= 15 is 0 Å². The molecular formula is C20H14ClNO3S2. The predicted octanol–water partition coefficient (Wildman–Crippen LogP) is 5.52. The van der Waals surface area contributed by atoms with Crippen molar-refractivity contribution in [3.63, 3.8) is 0 Å². The summed E-state index contributed by atoms with van der Waals surface area (Å²) in [5.41, 5.74) is 1.65. The molecule has 0 radical (unpaired) electrons. The van der Waals surface area contributed by atoms with Gasteiger partial charge < -0.3 is 4.42 Å². The first-order valence-corrected chi connectivity index (χ1v) is 10.4. The van der Waals surface area contributed by atoms with E-state index in [4.69, 9.17) is 16.0 Å². The molecule has 7 heteroatoms. The van der Waals surface area contributed by atoms with Crippen molar-refractivity contribution >= 4 is 57.8 Å². The molecule has 0 unspecified atom stereocenters. The minimum atomic E-state index is -0.328. The number of imide groups is 1. The number of thiophene rings is 1. The van der Waals surface area contributed by atoms with Gasteiger partial charge in [0.05, 0.1) is 28.2 Å². The zero-order valence-electron chi connectivity index (χ0n) is 14.3. The third-order valence-electron chi connectivity index (χ3n) is 4.23. The Balaban J connectivity index is 1.76. The van der Waals surface area contributed by atoms with E-state index in [1.807, 2.05) is 23.6 Å². The molecule has 0 bridgehead atoms. The van der Waals surface area contributed by atoms with E-state index in [9.17, 15) is 9.59 Å². The van der Waals surface area contributed by atoms with Crippen molar-refractivity contribution in [1.82, 2.24) is 0 Å². The molecule has 3 aromatic rings. The number of furan rings is 1. The second kappa shape index (κ2) is 7.38. The second-order valence-corrected chi connectivity index (χ2v) is 8.22. The summed E-state index contributed by atoms with van der Waals surface area (Å²) in [5, 5.41) is 2.41. The highest BCUT2D eigenvalue weighted by Crippen LogP contribution is 2.42. The number of anilines is 1. The molecule has 0 atom stereocenters. The van der Waals surface area contributed by atoms with Gasteiger partial charge in [0, 0.05) is 9.90 Å². The number of hydrogen-bond donors (Lipinski definition) is 0. The van der Waals surface area contributed by atoms with E-state index in [1.54, 1.807) is 37.5 Å². The zero-order valence-corrected chi connectivity index (χ0v) is 16.7. The van der Waals surface area contributed by atoms with E-state index in [2.05, 4.69) is 0 Å². The van der Waals surface area contributed by atoms with Crippen LogP contribution in [-0.2, 0) is 15.3 Å². The molecule has 0 N–H and O–H groups in total. The topological polar surface area (TPSA) is 50.5 Å². The van der Waals surface area contributed by atoms with E-state index in [-0.39, 0.29) is 11.8 Å². The number of nitrogens with zero attached hydrogens (tertiary/aromatic N) is 1. The molecule has 0 aliphatic carbocycles. The van der Waals surface area contributed by atoms with Gasteiger partial charge in [-0.2, -0.15) is 0 Å². The predicted molar refractivity (Wildman–Crippen MR) is 110 cm³/mol. The quantitative estimate of drug-likeness (QED) is 0.515. The summed E-state index contributed by atoms with van der Waals surface area (Å²) in [6, 6.07) is 12.6. The molecule has 1 aliphatic heterocycles. The summed E-state index contributed by atoms with van der Waals surface area (Å²) < 4.78 is 5.36. The van der Waals surface area contributed by atoms with Gasteiger partial charge in [0.25, 0.3) is 11.8 Å². The van der Waals surface area contributed by atoms with Crippen LogP contribution < -0.4 is 4.90 Å². The molecule has 0 saturated heterocycles. The average molecular weight is 416 g/mol. The lowest BCUT2D eigenvalue weighted by atomic mass is 10.1. The summed E-state index contributed by atoms with van der Waals surface area (Å²) >= 11 is 8.96. The highest BCUT2D eigenvalue weighted by molar-refractivity contribution is 8.03. The van der Waals surface area contributed by atoms with E-state index in [0.29, 0.717) is 32.5 Å². The molecule has 27 heavy (non-hydrogen) atoms. The third-order valence-corrected chi connectivity index (χ3v) is 6.62. The Labute approximate surface area is 169 Å². The van der Waals surface area contributed by atoms with Crippen molar-refractivity contribution in [2.24, 2.45) is 0 Å². The summed E-state index contributed by atoms with van der Waals surface area (Å²) in [4.78, 5) is 28.9. The molecule has 2 aromatic heterocycles. The Morgan fingerprint density at radius 3 is 2.67 bits per heavy atom. The van der Waals surface area contributed by atoms with Gasteiger partial charge in [-0.1, -0.05) is 23.7 Å². The fourth-order valence-corrected chi connectivity index (χ4v) is 4.89. The molecule has 1 aromatic carbocycles. The van der Waals surface area contributed by atoms with Crippen molar-refractivity contribution in [2.75, 3.05) is 4.90 Å². The SMILES string of the molecule is Cc1c(Cl)cccc1N1C(=O)C(SCc2ccco2)=C(c2cccs2)C1=O. The van der Waals surface area contributed by atoms with Crippen molar-refractivity contribution in [3.8, 4) is 0 Å². The lowest BCUT2D eigenvalue weighted by molar-refractivity contribution is -0.119. The first-order chi connectivity index (χ1) is 13.1. The molecule has 3 heterocycles. The zero-order chi connectivity index (χ0) is 19.0. The second-order valence-electron chi connectivity index (χ2n) is 5.88. The molecular weight excluding hydrogens is 402 g/mol. The fourth-order valence-electron chi connectivity index (χ4n) is 2.88. The standard InChI is InChI=1S/C20H14ClNO3S2/c1-12-14(21)6-2-7-15(12)22-19(23)17(16-8-4-10-26-16)18(20(22)24)27-11-13-5-3-9-25-13/h2-10H,11H2,1H3. The minimum Gasteiger partial charge on any atom is -0.468 e.